The van der Waals surface area contributed by atoms with Crippen molar-refractivity contribution in [2.45, 2.75) is 13.8 Å². The summed E-state index contributed by atoms with van der Waals surface area (Å²) in [7, 11) is 0. The van der Waals surface area contributed by atoms with Crippen LogP contribution in [0.4, 0.5) is 4.79 Å². The predicted molar refractivity (Wildman–Crippen MR) is 92.1 cm³/mol. The minimum Gasteiger partial charge on any atom is -0.486 e. The first-order valence-corrected chi connectivity index (χ1v) is 8.20. The van der Waals surface area contributed by atoms with E-state index in [0.717, 1.165) is 11.3 Å². The molecule has 1 aromatic carbocycles. The largest absolute Gasteiger partial charge is 0.486 e. The van der Waals surface area contributed by atoms with Gasteiger partial charge in [-0.25, -0.2) is 4.79 Å². The fraction of sp³-hybridized carbons (Fsp3) is 0.429. The highest BCUT2D eigenvalue weighted by atomic mass is 32.2. The molecular weight excluding hydrogens is 306 g/mol. The Morgan fingerprint density at radius 3 is 2.71 bits per heavy atom. The molecule has 116 valence electrons. The van der Waals surface area contributed by atoms with Crippen LogP contribution in [0.3, 0.4) is 0 Å². The highest BCUT2D eigenvalue weighted by Gasteiger charge is 2.03. The van der Waals surface area contributed by atoms with E-state index >= 15 is 0 Å². The monoisotopic (exact) mass is 327 g/mol. The lowest BCUT2D eigenvalue weighted by atomic mass is 10.1. The highest BCUT2D eigenvalue weighted by molar-refractivity contribution is 7.97. The number of hydrogen-bond acceptors (Lipinski definition) is 4. The number of carbonyl (C=O) groups is 1. The molecule has 3 N–H and O–H groups in total. The van der Waals surface area contributed by atoms with E-state index in [1.807, 2.05) is 32.0 Å². The molecule has 0 atom stereocenters. The zero-order valence-corrected chi connectivity index (χ0v) is 14.1. The van der Waals surface area contributed by atoms with E-state index in [0.29, 0.717) is 24.7 Å². The molecule has 21 heavy (non-hydrogen) atoms. The van der Waals surface area contributed by atoms with Crippen LogP contribution in [0.5, 0.6) is 5.75 Å². The van der Waals surface area contributed by atoms with Gasteiger partial charge in [0, 0.05) is 19.3 Å². The summed E-state index contributed by atoms with van der Waals surface area (Å²) in [5, 5.41) is 5.74. The summed E-state index contributed by atoms with van der Waals surface area (Å²) in [6.45, 7) is 5.46. The number of benzene rings is 1. The van der Waals surface area contributed by atoms with Crippen LogP contribution in [-0.2, 0) is 0 Å². The summed E-state index contributed by atoms with van der Waals surface area (Å²) in [5.41, 5.74) is 2.31. The molecule has 0 aromatic heterocycles. The van der Waals surface area contributed by atoms with Gasteiger partial charge >= 0.3 is 6.03 Å². The average molecular weight is 327 g/mol. The number of thiocarbonyl (C=S) groups is 1. The number of rotatable bonds is 7. The first-order valence-electron chi connectivity index (χ1n) is 6.57. The van der Waals surface area contributed by atoms with E-state index < -0.39 is 0 Å². The van der Waals surface area contributed by atoms with Crippen molar-refractivity contribution in [1.82, 2.24) is 15.4 Å². The number of amides is 2. The van der Waals surface area contributed by atoms with Gasteiger partial charge in [0.1, 0.15) is 17.3 Å². The zero-order valence-electron chi connectivity index (χ0n) is 12.5. The lowest BCUT2D eigenvalue weighted by molar-refractivity contribution is 0.246. The molecule has 0 spiro atoms. The van der Waals surface area contributed by atoms with Crippen molar-refractivity contribution in [3.63, 3.8) is 0 Å². The second kappa shape index (κ2) is 9.46. The molecular formula is C14H21N3O2S2. The van der Waals surface area contributed by atoms with Crippen LogP contribution in [0, 0.1) is 13.8 Å². The summed E-state index contributed by atoms with van der Waals surface area (Å²) in [4.78, 5) is 11.8. The Morgan fingerprint density at radius 1 is 1.29 bits per heavy atom. The molecule has 5 nitrogen and oxygen atoms in total. The molecule has 1 rings (SSSR count). The van der Waals surface area contributed by atoms with Crippen LogP contribution in [0.15, 0.2) is 18.2 Å². The van der Waals surface area contributed by atoms with Crippen LogP contribution < -0.4 is 20.1 Å². The van der Waals surface area contributed by atoms with Crippen molar-refractivity contribution in [3.8, 4) is 5.75 Å². The van der Waals surface area contributed by atoms with Gasteiger partial charge in [0.2, 0.25) is 0 Å². The van der Waals surface area contributed by atoms with Crippen LogP contribution >= 0.6 is 24.2 Å². The number of urea groups is 1. The molecule has 0 radical (unpaired) electrons. The number of aryl methyl sites for hydroxylation is 1. The van der Waals surface area contributed by atoms with Crippen molar-refractivity contribution in [2.75, 3.05) is 26.0 Å². The molecule has 7 heteroatoms. The van der Waals surface area contributed by atoms with E-state index in [-0.39, 0.29) is 6.03 Å². The maximum absolute atomic E-state index is 11.1. The topological polar surface area (TPSA) is 62.4 Å². The van der Waals surface area contributed by atoms with Gasteiger partial charge in [0.05, 0.1) is 0 Å². The van der Waals surface area contributed by atoms with Gasteiger partial charge in [0.25, 0.3) is 0 Å². The molecule has 0 aliphatic rings. The van der Waals surface area contributed by atoms with E-state index in [4.69, 9.17) is 17.0 Å². The van der Waals surface area contributed by atoms with E-state index in [1.54, 1.807) is 6.26 Å². The SMILES string of the molecule is CSNC(=O)NCCNC(=S)COc1cccc(C)c1C. The van der Waals surface area contributed by atoms with Gasteiger partial charge < -0.3 is 15.4 Å². The molecule has 0 aliphatic heterocycles. The maximum atomic E-state index is 11.1. The Hall–Kier alpha value is -1.47. The summed E-state index contributed by atoms with van der Waals surface area (Å²) < 4.78 is 8.26. The Balaban J connectivity index is 2.22. The lowest BCUT2D eigenvalue weighted by Gasteiger charge is -2.13. The molecule has 0 heterocycles. The molecule has 0 aliphatic carbocycles. The molecule has 2 amide bonds. The summed E-state index contributed by atoms with van der Waals surface area (Å²) in [6, 6.07) is 5.73. The standard InChI is InChI=1S/C14H21N3O2S2/c1-10-5-4-6-12(11(10)2)19-9-13(20)15-7-8-16-14(18)17-21-3/h4-6H,7-9H2,1-3H3,(H,15,20)(H2,16,17,18). The number of nitrogens with one attached hydrogen (secondary N) is 3. The molecule has 0 saturated carbocycles. The fourth-order valence-corrected chi connectivity index (χ4v) is 2.00. The summed E-state index contributed by atoms with van der Waals surface area (Å²) >= 11 is 6.45. The Labute approximate surface area is 135 Å². The van der Waals surface area contributed by atoms with Crippen LogP contribution in [0.2, 0.25) is 0 Å². The average Bonchev–Trinajstić information content (AvgIpc) is 2.45. The van der Waals surface area contributed by atoms with Crippen LogP contribution in [0.25, 0.3) is 0 Å². The Kier molecular flexibility index (Phi) is 7.92. The summed E-state index contributed by atoms with van der Waals surface area (Å²) in [6.07, 6.45) is 1.79. The smallest absolute Gasteiger partial charge is 0.324 e. The quantitative estimate of drug-likeness (QED) is 0.407. The van der Waals surface area contributed by atoms with Crippen LogP contribution in [-0.4, -0.2) is 37.0 Å². The molecule has 0 unspecified atom stereocenters. The summed E-state index contributed by atoms with van der Waals surface area (Å²) in [5.74, 6) is 0.844. The van der Waals surface area contributed by atoms with E-state index in [2.05, 4.69) is 15.4 Å². The number of carbonyl (C=O) groups excluding carboxylic acids is 1. The second-order valence-electron chi connectivity index (χ2n) is 4.40. The zero-order chi connectivity index (χ0) is 15.7. The first kappa shape index (κ1) is 17.6. The van der Waals surface area contributed by atoms with Gasteiger partial charge in [-0.3, -0.25) is 4.72 Å². The predicted octanol–water partition coefficient (Wildman–Crippen LogP) is 2.18. The second-order valence-corrected chi connectivity index (χ2v) is 5.50. The van der Waals surface area contributed by atoms with Gasteiger partial charge in [-0.2, -0.15) is 0 Å². The Bertz CT molecular complexity index is 495. The van der Waals surface area contributed by atoms with Crippen molar-refractivity contribution in [2.24, 2.45) is 0 Å². The van der Waals surface area contributed by atoms with Gasteiger partial charge in [-0.05, 0) is 31.0 Å². The molecule has 0 fully saturated rings. The maximum Gasteiger partial charge on any atom is 0.324 e. The van der Waals surface area contributed by atoms with E-state index in [9.17, 15) is 4.79 Å². The van der Waals surface area contributed by atoms with Gasteiger partial charge in [-0.1, -0.05) is 36.3 Å². The normalized spacial score (nSPS) is 9.86. The van der Waals surface area contributed by atoms with Crippen molar-refractivity contribution in [3.05, 3.63) is 29.3 Å². The van der Waals surface area contributed by atoms with Crippen molar-refractivity contribution >= 4 is 35.2 Å². The third-order valence-corrected chi connectivity index (χ3v) is 3.49. The first-order chi connectivity index (χ1) is 10.0. The number of hydrogen-bond donors (Lipinski definition) is 3. The number of ether oxygens (including phenoxy) is 1. The van der Waals surface area contributed by atoms with Crippen molar-refractivity contribution < 1.29 is 9.53 Å². The van der Waals surface area contributed by atoms with Crippen molar-refractivity contribution in [1.29, 1.82) is 0 Å². The third kappa shape index (κ3) is 6.68. The fourth-order valence-electron chi connectivity index (χ4n) is 1.58. The van der Waals surface area contributed by atoms with Crippen LogP contribution in [0.1, 0.15) is 11.1 Å². The molecule has 0 saturated heterocycles. The minimum absolute atomic E-state index is 0.207. The lowest BCUT2D eigenvalue weighted by Crippen LogP contribution is -2.38. The van der Waals surface area contributed by atoms with E-state index in [1.165, 1.54) is 17.5 Å². The minimum atomic E-state index is -0.207. The molecule has 1 aromatic rings. The highest BCUT2D eigenvalue weighted by Crippen LogP contribution is 2.20. The molecule has 0 bridgehead atoms. The third-order valence-electron chi connectivity index (χ3n) is 2.84. The van der Waals surface area contributed by atoms with Gasteiger partial charge in [0.15, 0.2) is 0 Å². The van der Waals surface area contributed by atoms with Gasteiger partial charge in [-0.15, -0.1) is 0 Å². The Morgan fingerprint density at radius 2 is 2.00 bits per heavy atom.